The third-order valence-corrected chi connectivity index (χ3v) is 4.60. The second-order valence-corrected chi connectivity index (χ2v) is 6.32. The summed E-state index contributed by atoms with van der Waals surface area (Å²) in [4.78, 5) is 19.0. The predicted octanol–water partition coefficient (Wildman–Crippen LogP) is 2.22. The fourth-order valence-electron chi connectivity index (χ4n) is 1.63. The minimum Gasteiger partial charge on any atom is -0.308 e. The number of aromatic amines is 1. The zero-order valence-corrected chi connectivity index (χ0v) is 12.2. The van der Waals surface area contributed by atoms with Crippen molar-refractivity contribution in [3.05, 3.63) is 27.6 Å². The van der Waals surface area contributed by atoms with E-state index in [9.17, 15) is 4.79 Å². The maximum atomic E-state index is 11.8. The number of H-pyrrole nitrogens is 1. The fraction of sp³-hybridized carbons (Fsp3) is 0.500. The van der Waals surface area contributed by atoms with Gasteiger partial charge in [0.2, 0.25) is 0 Å². The first kappa shape index (κ1) is 13.6. The van der Waals surface area contributed by atoms with Crippen molar-refractivity contribution in [2.45, 2.75) is 26.4 Å². The highest BCUT2D eigenvalue weighted by Crippen LogP contribution is 2.13. The van der Waals surface area contributed by atoms with Gasteiger partial charge in [-0.2, -0.15) is 11.8 Å². The van der Waals surface area contributed by atoms with Gasteiger partial charge in [-0.15, -0.1) is 11.3 Å². The minimum absolute atomic E-state index is 0.0395. The van der Waals surface area contributed by atoms with Crippen molar-refractivity contribution >= 4 is 33.3 Å². The molecule has 2 aromatic heterocycles. The molecule has 4 nitrogen and oxygen atoms in total. The number of nitrogens with zero attached hydrogens (tertiary/aromatic N) is 1. The SMILES string of the molecule is CCSCC(C)NCc1nc2ccsc2c(=O)[nH]1. The van der Waals surface area contributed by atoms with Crippen LogP contribution in [0.4, 0.5) is 0 Å². The molecule has 1 unspecified atom stereocenters. The van der Waals surface area contributed by atoms with Crippen molar-refractivity contribution in [3.63, 3.8) is 0 Å². The standard InChI is InChI=1S/C12H17N3OS2/c1-3-17-7-8(2)13-6-10-14-9-4-5-18-11(9)12(16)15-10/h4-5,8,13H,3,6-7H2,1-2H3,(H,14,15,16). The Labute approximate surface area is 114 Å². The van der Waals surface area contributed by atoms with Crippen LogP contribution in [-0.4, -0.2) is 27.5 Å². The molecule has 0 spiro atoms. The van der Waals surface area contributed by atoms with Crippen molar-refractivity contribution in [1.29, 1.82) is 0 Å². The first-order chi connectivity index (χ1) is 8.70. The molecule has 2 heterocycles. The molecule has 98 valence electrons. The van der Waals surface area contributed by atoms with Gasteiger partial charge in [0.15, 0.2) is 0 Å². The van der Waals surface area contributed by atoms with Gasteiger partial charge in [-0.1, -0.05) is 6.92 Å². The van der Waals surface area contributed by atoms with Gasteiger partial charge in [-0.3, -0.25) is 4.79 Å². The van der Waals surface area contributed by atoms with Crippen molar-refractivity contribution in [2.24, 2.45) is 0 Å². The smallest absolute Gasteiger partial charge is 0.268 e. The van der Waals surface area contributed by atoms with Gasteiger partial charge in [-0.05, 0) is 24.1 Å². The van der Waals surface area contributed by atoms with E-state index in [0.717, 1.165) is 17.0 Å². The molecule has 1 atom stereocenters. The molecule has 0 amide bonds. The van der Waals surface area contributed by atoms with Crippen LogP contribution in [0.1, 0.15) is 19.7 Å². The molecule has 0 aliphatic heterocycles. The molecule has 2 rings (SSSR count). The highest BCUT2D eigenvalue weighted by Gasteiger charge is 2.06. The second kappa shape index (κ2) is 6.36. The van der Waals surface area contributed by atoms with Gasteiger partial charge < -0.3 is 10.3 Å². The highest BCUT2D eigenvalue weighted by atomic mass is 32.2. The van der Waals surface area contributed by atoms with Crippen LogP contribution in [0.5, 0.6) is 0 Å². The van der Waals surface area contributed by atoms with Crippen molar-refractivity contribution in [2.75, 3.05) is 11.5 Å². The minimum atomic E-state index is -0.0395. The number of thioether (sulfide) groups is 1. The zero-order chi connectivity index (χ0) is 13.0. The maximum Gasteiger partial charge on any atom is 0.268 e. The maximum absolute atomic E-state index is 11.8. The quantitative estimate of drug-likeness (QED) is 0.853. The Kier molecular flexibility index (Phi) is 4.79. The Balaban J connectivity index is 2.01. The van der Waals surface area contributed by atoms with Crippen LogP contribution in [0.2, 0.25) is 0 Å². The van der Waals surface area contributed by atoms with E-state index >= 15 is 0 Å². The van der Waals surface area contributed by atoms with Crippen LogP contribution in [0.15, 0.2) is 16.2 Å². The molecule has 0 saturated carbocycles. The zero-order valence-electron chi connectivity index (χ0n) is 10.5. The van der Waals surface area contributed by atoms with Crippen LogP contribution in [0.25, 0.3) is 10.2 Å². The summed E-state index contributed by atoms with van der Waals surface area (Å²) < 4.78 is 0.702. The number of aromatic nitrogens is 2. The van der Waals surface area contributed by atoms with Crippen LogP contribution < -0.4 is 10.9 Å². The van der Waals surface area contributed by atoms with Gasteiger partial charge in [0.1, 0.15) is 10.5 Å². The van der Waals surface area contributed by atoms with E-state index in [1.54, 1.807) is 0 Å². The lowest BCUT2D eigenvalue weighted by molar-refractivity contribution is 0.579. The monoisotopic (exact) mass is 283 g/mol. The van der Waals surface area contributed by atoms with Gasteiger partial charge in [0.05, 0.1) is 12.1 Å². The number of rotatable bonds is 6. The lowest BCUT2D eigenvalue weighted by Crippen LogP contribution is -2.29. The van der Waals surface area contributed by atoms with Crippen LogP contribution in [-0.2, 0) is 6.54 Å². The summed E-state index contributed by atoms with van der Waals surface area (Å²) in [5.41, 5.74) is 0.749. The molecule has 0 fully saturated rings. The molecular formula is C12H17N3OS2. The molecule has 0 aliphatic carbocycles. The van der Waals surface area contributed by atoms with E-state index in [0.29, 0.717) is 23.1 Å². The topological polar surface area (TPSA) is 57.8 Å². The normalized spacial score (nSPS) is 13.0. The van der Waals surface area contributed by atoms with Crippen LogP contribution in [0.3, 0.4) is 0 Å². The van der Waals surface area contributed by atoms with Gasteiger partial charge in [0.25, 0.3) is 5.56 Å². The molecule has 0 radical (unpaired) electrons. The Morgan fingerprint density at radius 1 is 1.61 bits per heavy atom. The Morgan fingerprint density at radius 2 is 2.44 bits per heavy atom. The summed E-state index contributed by atoms with van der Waals surface area (Å²) in [6.45, 7) is 4.90. The summed E-state index contributed by atoms with van der Waals surface area (Å²) in [7, 11) is 0. The first-order valence-electron chi connectivity index (χ1n) is 5.98. The molecule has 2 aromatic rings. The Hall–Kier alpha value is -0.850. The summed E-state index contributed by atoms with van der Waals surface area (Å²) in [6.07, 6.45) is 0. The third-order valence-electron chi connectivity index (χ3n) is 2.55. The van der Waals surface area contributed by atoms with Gasteiger partial charge in [0, 0.05) is 11.8 Å². The van der Waals surface area contributed by atoms with E-state index in [-0.39, 0.29) is 5.56 Å². The van der Waals surface area contributed by atoms with E-state index < -0.39 is 0 Å². The molecule has 0 bridgehead atoms. The summed E-state index contributed by atoms with van der Waals surface area (Å²) >= 11 is 3.33. The van der Waals surface area contributed by atoms with Crippen molar-refractivity contribution in [1.82, 2.24) is 15.3 Å². The van der Waals surface area contributed by atoms with E-state index in [1.165, 1.54) is 11.3 Å². The number of nitrogens with one attached hydrogen (secondary N) is 2. The number of hydrogen-bond donors (Lipinski definition) is 2. The average molecular weight is 283 g/mol. The van der Waals surface area contributed by atoms with E-state index in [1.807, 2.05) is 23.2 Å². The Morgan fingerprint density at radius 3 is 3.22 bits per heavy atom. The fourth-order valence-corrected chi connectivity index (χ4v) is 3.06. The lowest BCUT2D eigenvalue weighted by atomic mass is 10.4. The van der Waals surface area contributed by atoms with E-state index in [4.69, 9.17) is 0 Å². The molecule has 0 aliphatic rings. The number of thiophene rings is 1. The van der Waals surface area contributed by atoms with Crippen molar-refractivity contribution < 1.29 is 0 Å². The predicted molar refractivity (Wildman–Crippen MR) is 79.5 cm³/mol. The largest absolute Gasteiger partial charge is 0.308 e. The molecule has 2 N–H and O–H groups in total. The van der Waals surface area contributed by atoms with Gasteiger partial charge in [-0.25, -0.2) is 4.98 Å². The van der Waals surface area contributed by atoms with E-state index in [2.05, 4.69) is 29.1 Å². The molecule has 18 heavy (non-hydrogen) atoms. The average Bonchev–Trinajstić information content (AvgIpc) is 2.82. The Bertz CT molecular complexity index is 564. The number of hydrogen-bond acceptors (Lipinski definition) is 5. The van der Waals surface area contributed by atoms with Gasteiger partial charge >= 0.3 is 0 Å². The van der Waals surface area contributed by atoms with Crippen LogP contribution in [0, 0.1) is 0 Å². The third kappa shape index (κ3) is 3.34. The summed E-state index contributed by atoms with van der Waals surface area (Å²) in [5.74, 6) is 2.91. The van der Waals surface area contributed by atoms with Crippen LogP contribution >= 0.6 is 23.1 Å². The molecular weight excluding hydrogens is 266 g/mol. The van der Waals surface area contributed by atoms with Crippen molar-refractivity contribution in [3.8, 4) is 0 Å². The highest BCUT2D eigenvalue weighted by molar-refractivity contribution is 7.99. The first-order valence-corrected chi connectivity index (χ1v) is 8.01. The molecule has 6 heteroatoms. The second-order valence-electron chi connectivity index (χ2n) is 4.09. The number of fused-ring (bicyclic) bond motifs is 1. The summed E-state index contributed by atoms with van der Waals surface area (Å²) in [6, 6.07) is 2.30. The summed E-state index contributed by atoms with van der Waals surface area (Å²) in [5, 5.41) is 5.26. The molecule has 0 saturated heterocycles. The molecule has 0 aromatic carbocycles. The lowest BCUT2D eigenvalue weighted by Gasteiger charge is -2.12.